The number of Topliss-reactive ketones (excluding diaryl/α,β-unsaturated/α-hetero) is 1. The zero-order valence-electron chi connectivity index (χ0n) is 19.5. The molecule has 3 aromatic rings. The van der Waals surface area contributed by atoms with Crippen LogP contribution in [0.2, 0.25) is 0 Å². The van der Waals surface area contributed by atoms with Gasteiger partial charge in [-0.15, -0.1) is 11.3 Å². The van der Waals surface area contributed by atoms with Gasteiger partial charge in [0.2, 0.25) is 5.91 Å². The summed E-state index contributed by atoms with van der Waals surface area (Å²) >= 11 is 1.12. The normalized spacial score (nSPS) is 16.3. The summed E-state index contributed by atoms with van der Waals surface area (Å²) in [6, 6.07) is 19.3. The Labute approximate surface area is 207 Å². The molecule has 1 saturated heterocycles. The lowest BCUT2D eigenvalue weighted by molar-refractivity contribution is -0.131. The molecule has 1 aliphatic rings. The van der Waals surface area contributed by atoms with E-state index in [1.807, 2.05) is 30.3 Å². The number of ether oxygens (including phenoxy) is 1. The van der Waals surface area contributed by atoms with Gasteiger partial charge in [0.25, 0.3) is 5.91 Å². The van der Waals surface area contributed by atoms with Crippen molar-refractivity contribution in [3.63, 3.8) is 0 Å². The molecule has 182 valence electrons. The molecule has 0 saturated carbocycles. The van der Waals surface area contributed by atoms with Crippen molar-refractivity contribution in [3.05, 3.63) is 93.4 Å². The van der Waals surface area contributed by atoms with Crippen molar-refractivity contribution in [1.29, 1.82) is 0 Å². The van der Waals surface area contributed by atoms with E-state index in [1.54, 1.807) is 29.2 Å². The third kappa shape index (κ3) is 6.61. The number of amides is 2. The zero-order valence-corrected chi connectivity index (χ0v) is 20.3. The van der Waals surface area contributed by atoms with E-state index in [0.717, 1.165) is 16.9 Å². The minimum atomic E-state index is -0.448. The van der Waals surface area contributed by atoms with Crippen LogP contribution in [0.5, 0.6) is 0 Å². The van der Waals surface area contributed by atoms with E-state index >= 15 is 0 Å². The lowest BCUT2D eigenvalue weighted by Crippen LogP contribution is -2.39. The topological polar surface area (TPSA) is 66.9 Å². The summed E-state index contributed by atoms with van der Waals surface area (Å²) in [4.78, 5) is 42.2. The standard InChI is InChI=1S/C27H27FN2O4S/c1-19(31)24-10-11-25(35-24)27(33)30-16-23(34-18-21-8-5-9-22(28)14-21)15-29(26(32)17-30)13-12-20-6-3-2-4-7-20/h2-11,14,23H,12-13,15-18H2,1H3/t23-/m1/s1. The van der Waals surface area contributed by atoms with Crippen LogP contribution in [0.25, 0.3) is 0 Å². The van der Waals surface area contributed by atoms with Gasteiger partial charge in [-0.05, 0) is 48.7 Å². The number of hydrogen-bond acceptors (Lipinski definition) is 5. The van der Waals surface area contributed by atoms with Gasteiger partial charge in [0, 0.05) is 19.6 Å². The number of nitrogens with zero attached hydrogens (tertiary/aromatic N) is 2. The molecule has 0 spiro atoms. The van der Waals surface area contributed by atoms with Gasteiger partial charge in [0.1, 0.15) is 12.4 Å². The highest BCUT2D eigenvalue weighted by Gasteiger charge is 2.32. The summed E-state index contributed by atoms with van der Waals surface area (Å²) in [6.45, 7) is 2.59. The summed E-state index contributed by atoms with van der Waals surface area (Å²) < 4.78 is 19.7. The largest absolute Gasteiger partial charge is 0.370 e. The molecule has 35 heavy (non-hydrogen) atoms. The molecule has 0 radical (unpaired) electrons. The average molecular weight is 495 g/mol. The first kappa shape index (κ1) is 24.8. The molecular weight excluding hydrogens is 467 g/mol. The highest BCUT2D eigenvalue weighted by molar-refractivity contribution is 7.15. The third-order valence-corrected chi connectivity index (χ3v) is 7.04. The Morgan fingerprint density at radius 3 is 2.46 bits per heavy atom. The fourth-order valence-corrected chi connectivity index (χ4v) is 4.87. The number of thiophene rings is 1. The molecule has 1 fully saturated rings. The van der Waals surface area contributed by atoms with Crippen LogP contribution in [-0.4, -0.2) is 59.7 Å². The highest BCUT2D eigenvalue weighted by atomic mass is 32.1. The quantitative estimate of drug-likeness (QED) is 0.440. The number of benzene rings is 2. The SMILES string of the molecule is CC(=O)c1ccc(C(=O)N2CC(=O)N(CCc3ccccc3)C[C@@H](OCc3cccc(F)c3)C2)s1. The summed E-state index contributed by atoms with van der Waals surface area (Å²) in [5, 5.41) is 0. The van der Waals surface area contributed by atoms with Crippen LogP contribution in [-0.2, 0) is 22.6 Å². The van der Waals surface area contributed by atoms with Gasteiger partial charge < -0.3 is 14.5 Å². The first-order chi connectivity index (χ1) is 16.9. The maximum absolute atomic E-state index is 13.6. The Bertz CT molecular complexity index is 1200. The Kier molecular flexibility index (Phi) is 8.05. The Morgan fingerprint density at radius 1 is 1.00 bits per heavy atom. The number of carbonyl (C=O) groups excluding carboxylic acids is 3. The maximum atomic E-state index is 13.6. The predicted molar refractivity (Wildman–Crippen MR) is 132 cm³/mol. The zero-order chi connectivity index (χ0) is 24.8. The van der Waals surface area contributed by atoms with Gasteiger partial charge in [0.05, 0.1) is 22.5 Å². The summed E-state index contributed by atoms with van der Waals surface area (Å²) in [7, 11) is 0. The van der Waals surface area contributed by atoms with E-state index in [4.69, 9.17) is 4.74 Å². The van der Waals surface area contributed by atoms with Crippen LogP contribution in [0.15, 0.2) is 66.7 Å². The monoisotopic (exact) mass is 494 g/mol. The molecular formula is C27H27FN2O4S. The third-order valence-electron chi connectivity index (χ3n) is 5.87. The molecule has 2 aromatic carbocycles. The van der Waals surface area contributed by atoms with Gasteiger partial charge in [-0.3, -0.25) is 14.4 Å². The number of hydrogen-bond donors (Lipinski definition) is 0. The molecule has 4 rings (SSSR count). The lowest BCUT2D eigenvalue weighted by atomic mass is 10.1. The summed E-state index contributed by atoms with van der Waals surface area (Å²) in [6.07, 6.45) is 0.237. The average Bonchev–Trinajstić information content (AvgIpc) is 3.29. The van der Waals surface area contributed by atoms with Crippen molar-refractivity contribution in [1.82, 2.24) is 9.80 Å². The van der Waals surface area contributed by atoms with E-state index < -0.39 is 6.10 Å². The van der Waals surface area contributed by atoms with Crippen molar-refractivity contribution in [3.8, 4) is 0 Å². The second-order valence-corrected chi connectivity index (χ2v) is 9.63. The molecule has 1 aliphatic heterocycles. The first-order valence-corrected chi connectivity index (χ1v) is 12.3. The van der Waals surface area contributed by atoms with Gasteiger partial charge in [-0.2, -0.15) is 0 Å². The van der Waals surface area contributed by atoms with Crippen molar-refractivity contribution in [2.75, 3.05) is 26.2 Å². The molecule has 0 N–H and O–H groups in total. The number of rotatable bonds is 8. The summed E-state index contributed by atoms with van der Waals surface area (Å²) in [5.41, 5.74) is 1.80. The van der Waals surface area contributed by atoms with Crippen LogP contribution < -0.4 is 0 Å². The van der Waals surface area contributed by atoms with Crippen molar-refractivity contribution in [2.24, 2.45) is 0 Å². The molecule has 0 unspecified atom stereocenters. The van der Waals surface area contributed by atoms with Crippen LogP contribution in [0, 0.1) is 5.82 Å². The van der Waals surface area contributed by atoms with Crippen LogP contribution in [0.3, 0.4) is 0 Å². The smallest absolute Gasteiger partial charge is 0.264 e. The van der Waals surface area contributed by atoms with Crippen LogP contribution >= 0.6 is 11.3 Å². The highest BCUT2D eigenvalue weighted by Crippen LogP contribution is 2.21. The minimum absolute atomic E-state index is 0.0687. The number of halogens is 1. The van der Waals surface area contributed by atoms with E-state index in [2.05, 4.69) is 0 Å². The van der Waals surface area contributed by atoms with E-state index in [1.165, 1.54) is 24.0 Å². The first-order valence-electron chi connectivity index (χ1n) is 11.5. The van der Waals surface area contributed by atoms with Crippen LogP contribution in [0.1, 0.15) is 37.4 Å². The molecule has 8 heteroatoms. The Balaban J connectivity index is 1.50. The molecule has 6 nitrogen and oxygen atoms in total. The maximum Gasteiger partial charge on any atom is 0.264 e. The van der Waals surface area contributed by atoms with E-state index in [9.17, 15) is 18.8 Å². The number of carbonyl (C=O) groups is 3. The van der Waals surface area contributed by atoms with Gasteiger partial charge >= 0.3 is 0 Å². The van der Waals surface area contributed by atoms with Gasteiger partial charge in [-0.25, -0.2) is 4.39 Å². The fraction of sp³-hybridized carbons (Fsp3) is 0.296. The molecule has 0 bridgehead atoms. The van der Waals surface area contributed by atoms with E-state index in [0.29, 0.717) is 34.8 Å². The van der Waals surface area contributed by atoms with Gasteiger partial charge in [-0.1, -0.05) is 42.5 Å². The van der Waals surface area contributed by atoms with Gasteiger partial charge in [0.15, 0.2) is 5.78 Å². The molecule has 1 atom stereocenters. The predicted octanol–water partition coefficient (Wildman–Crippen LogP) is 4.20. The van der Waals surface area contributed by atoms with Crippen molar-refractivity contribution in [2.45, 2.75) is 26.1 Å². The summed E-state index contributed by atoms with van der Waals surface area (Å²) in [5.74, 6) is -0.915. The van der Waals surface area contributed by atoms with Crippen LogP contribution in [0.4, 0.5) is 4.39 Å². The fourth-order valence-electron chi connectivity index (χ4n) is 4.00. The number of ketones is 1. The molecule has 2 heterocycles. The Hall–Kier alpha value is -3.36. The second kappa shape index (κ2) is 11.4. The van der Waals surface area contributed by atoms with Crippen molar-refractivity contribution < 1.29 is 23.5 Å². The van der Waals surface area contributed by atoms with E-state index in [-0.39, 0.29) is 43.1 Å². The lowest BCUT2D eigenvalue weighted by Gasteiger charge is -2.25. The molecule has 2 amide bonds. The van der Waals surface area contributed by atoms with Crippen molar-refractivity contribution >= 4 is 28.9 Å². The second-order valence-electron chi connectivity index (χ2n) is 8.54. The minimum Gasteiger partial charge on any atom is -0.370 e. The molecule has 1 aromatic heterocycles. The Morgan fingerprint density at radius 2 is 1.74 bits per heavy atom. The molecule has 0 aliphatic carbocycles.